The van der Waals surface area contributed by atoms with Crippen LogP contribution in [0.4, 0.5) is 0 Å². The van der Waals surface area contributed by atoms with E-state index >= 15 is 0 Å². The summed E-state index contributed by atoms with van der Waals surface area (Å²) in [5.74, 6) is 1.43. The molecule has 0 aliphatic heterocycles. The van der Waals surface area contributed by atoms with Gasteiger partial charge < -0.3 is 9.84 Å². The van der Waals surface area contributed by atoms with Gasteiger partial charge in [0.15, 0.2) is 0 Å². The average Bonchev–Trinajstić information content (AvgIpc) is 2.95. The third kappa shape index (κ3) is 3.17. The lowest BCUT2D eigenvalue weighted by molar-refractivity contribution is 0.368. The van der Waals surface area contributed by atoms with Crippen molar-refractivity contribution in [2.75, 3.05) is 6.54 Å². The van der Waals surface area contributed by atoms with Crippen LogP contribution in [0.2, 0.25) is 0 Å². The molecule has 2 aromatic rings. The molecule has 0 saturated heterocycles. The van der Waals surface area contributed by atoms with Gasteiger partial charge >= 0.3 is 0 Å². The van der Waals surface area contributed by atoms with Crippen LogP contribution in [0.3, 0.4) is 0 Å². The van der Waals surface area contributed by atoms with Crippen LogP contribution in [0.15, 0.2) is 15.3 Å². The van der Waals surface area contributed by atoms with Gasteiger partial charge in [0.1, 0.15) is 0 Å². The second kappa shape index (κ2) is 6.11. The van der Waals surface area contributed by atoms with Crippen molar-refractivity contribution in [2.24, 2.45) is 0 Å². The van der Waals surface area contributed by atoms with Crippen molar-refractivity contribution in [1.82, 2.24) is 15.5 Å². The number of aromatic nitrogens is 2. The molecule has 1 N–H and O–H groups in total. The van der Waals surface area contributed by atoms with Crippen molar-refractivity contribution in [3.8, 4) is 11.4 Å². The summed E-state index contributed by atoms with van der Waals surface area (Å²) in [4.78, 5) is 4.45. The molecule has 0 aliphatic carbocycles. The Balaban J connectivity index is 1.97. The first kappa shape index (κ1) is 13.2. The molecule has 4 nitrogen and oxygen atoms in total. The summed E-state index contributed by atoms with van der Waals surface area (Å²) in [6, 6.07) is 0.480. The molecule has 0 spiro atoms. The first-order chi connectivity index (χ1) is 8.70. The topological polar surface area (TPSA) is 51.0 Å². The van der Waals surface area contributed by atoms with Crippen LogP contribution in [0.5, 0.6) is 0 Å². The highest BCUT2D eigenvalue weighted by Crippen LogP contribution is 2.24. The quantitative estimate of drug-likeness (QED) is 0.872. The van der Waals surface area contributed by atoms with Gasteiger partial charge in [-0.05, 0) is 37.8 Å². The average molecular weight is 265 g/mol. The predicted octanol–water partition coefficient (Wildman–Crippen LogP) is 3.04. The first-order valence-corrected chi connectivity index (χ1v) is 7.24. The van der Waals surface area contributed by atoms with E-state index in [1.165, 1.54) is 5.56 Å². The monoisotopic (exact) mass is 265 g/mol. The maximum Gasteiger partial charge on any atom is 0.227 e. The fourth-order valence-corrected chi connectivity index (χ4v) is 2.67. The van der Waals surface area contributed by atoms with E-state index in [4.69, 9.17) is 4.52 Å². The van der Waals surface area contributed by atoms with E-state index in [0.29, 0.717) is 11.9 Å². The summed E-state index contributed by atoms with van der Waals surface area (Å²) in [5, 5.41) is 11.6. The molecule has 2 heterocycles. The SMILES string of the molecule is CCNC(C)CCc1nc(-c2cscc2C)no1. The van der Waals surface area contributed by atoms with Gasteiger partial charge in [0.25, 0.3) is 0 Å². The number of nitrogens with one attached hydrogen (secondary N) is 1. The van der Waals surface area contributed by atoms with Crippen molar-refractivity contribution in [3.63, 3.8) is 0 Å². The normalized spacial score (nSPS) is 12.8. The van der Waals surface area contributed by atoms with Gasteiger partial charge in [-0.1, -0.05) is 12.1 Å². The van der Waals surface area contributed by atoms with Gasteiger partial charge in [0.05, 0.1) is 0 Å². The zero-order chi connectivity index (χ0) is 13.0. The maximum absolute atomic E-state index is 5.29. The molecule has 18 heavy (non-hydrogen) atoms. The zero-order valence-corrected chi connectivity index (χ0v) is 11.9. The summed E-state index contributed by atoms with van der Waals surface area (Å²) in [5.41, 5.74) is 2.28. The summed E-state index contributed by atoms with van der Waals surface area (Å²) < 4.78 is 5.29. The van der Waals surface area contributed by atoms with Crippen LogP contribution in [0, 0.1) is 6.92 Å². The molecule has 0 bridgehead atoms. The molecule has 1 unspecified atom stereocenters. The number of hydrogen-bond donors (Lipinski definition) is 1. The minimum atomic E-state index is 0.480. The standard InChI is InChI=1S/C13H19N3OS/c1-4-14-10(3)5-6-12-15-13(16-17-12)11-8-18-7-9(11)2/h7-8,10,14H,4-6H2,1-3H3. The van der Waals surface area contributed by atoms with Crippen LogP contribution in [-0.4, -0.2) is 22.7 Å². The number of thiophene rings is 1. The van der Waals surface area contributed by atoms with Gasteiger partial charge in [-0.2, -0.15) is 16.3 Å². The lowest BCUT2D eigenvalue weighted by Gasteiger charge is -2.09. The third-order valence-electron chi connectivity index (χ3n) is 2.91. The Bertz CT molecular complexity index is 492. The van der Waals surface area contributed by atoms with Gasteiger partial charge in [-0.15, -0.1) is 0 Å². The van der Waals surface area contributed by atoms with Gasteiger partial charge in [0, 0.05) is 23.4 Å². The van der Waals surface area contributed by atoms with Crippen LogP contribution >= 0.6 is 11.3 Å². The van der Waals surface area contributed by atoms with Crippen LogP contribution in [-0.2, 0) is 6.42 Å². The highest BCUT2D eigenvalue weighted by Gasteiger charge is 2.12. The molecule has 5 heteroatoms. The summed E-state index contributed by atoms with van der Waals surface area (Å²) in [6.07, 6.45) is 1.84. The Morgan fingerprint density at radius 2 is 2.28 bits per heavy atom. The van der Waals surface area contributed by atoms with E-state index in [9.17, 15) is 0 Å². The van der Waals surface area contributed by atoms with Gasteiger partial charge in [-0.3, -0.25) is 0 Å². The molecular weight excluding hydrogens is 246 g/mol. The first-order valence-electron chi connectivity index (χ1n) is 6.29. The molecule has 0 fully saturated rings. The van der Waals surface area contributed by atoms with Crippen molar-refractivity contribution < 1.29 is 4.52 Å². The third-order valence-corrected chi connectivity index (χ3v) is 3.77. The fourth-order valence-electron chi connectivity index (χ4n) is 1.85. The Labute approximate surface area is 111 Å². The summed E-state index contributed by atoms with van der Waals surface area (Å²) in [7, 11) is 0. The molecule has 0 aromatic carbocycles. The summed E-state index contributed by atoms with van der Waals surface area (Å²) in [6.45, 7) is 7.34. The fraction of sp³-hybridized carbons (Fsp3) is 0.538. The molecule has 0 amide bonds. The highest BCUT2D eigenvalue weighted by atomic mass is 32.1. The Kier molecular flexibility index (Phi) is 4.49. The Morgan fingerprint density at radius 1 is 1.44 bits per heavy atom. The largest absolute Gasteiger partial charge is 0.339 e. The Hall–Kier alpha value is -1.20. The van der Waals surface area contributed by atoms with E-state index in [1.807, 2.05) is 0 Å². The van der Waals surface area contributed by atoms with E-state index in [-0.39, 0.29) is 0 Å². The summed E-state index contributed by atoms with van der Waals surface area (Å²) >= 11 is 1.66. The Morgan fingerprint density at radius 3 is 2.94 bits per heavy atom. The van der Waals surface area contributed by atoms with Crippen molar-refractivity contribution in [1.29, 1.82) is 0 Å². The van der Waals surface area contributed by atoms with Gasteiger partial charge in [0.2, 0.25) is 11.7 Å². The number of rotatable bonds is 6. The van der Waals surface area contributed by atoms with Crippen molar-refractivity contribution in [2.45, 2.75) is 39.7 Å². The minimum Gasteiger partial charge on any atom is -0.339 e. The van der Waals surface area contributed by atoms with Crippen LogP contribution in [0.25, 0.3) is 11.4 Å². The van der Waals surface area contributed by atoms with Crippen molar-refractivity contribution >= 4 is 11.3 Å². The number of aryl methyl sites for hydroxylation is 2. The lowest BCUT2D eigenvalue weighted by atomic mass is 10.2. The molecule has 98 valence electrons. The van der Waals surface area contributed by atoms with E-state index in [0.717, 1.165) is 30.8 Å². The predicted molar refractivity (Wildman–Crippen MR) is 73.8 cm³/mol. The molecule has 1 atom stereocenters. The maximum atomic E-state index is 5.29. The molecule has 0 radical (unpaired) electrons. The lowest BCUT2D eigenvalue weighted by Crippen LogP contribution is -2.25. The second-order valence-corrected chi connectivity index (χ2v) is 5.22. The van der Waals surface area contributed by atoms with E-state index < -0.39 is 0 Å². The molecule has 0 aliphatic rings. The number of nitrogens with zero attached hydrogens (tertiary/aromatic N) is 2. The van der Waals surface area contributed by atoms with E-state index in [1.54, 1.807) is 11.3 Å². The van der Waals surface area contributed by atoms with Crippen LogP contribution in [0.1, 0.15) is 31.7 Å². The molecule has 0 saturated carbocycles. The smallest absolute Gasteiger partial charge is 0.227 e. The van der Waals surface area contributed by atoms with Crippen LogP contribution < -0.4 is 5.32 Å². The highest BCUT2D eigenvalue weighted by molar-refractivity contribution is 7.08. The van der Waals surface area contributed by atoms with E-state index in [2.05, 4.69) is 47.0 Å². The molecular formula is C13H19N3OS. The number of hydrogen-bond acceptors (Lipinski definition) is 5. The minimum absolute atomic E-state index is 0.480. The van der Waals surface area contributed by atoms with Crippen molar-refractivity contribution in [3.05, 3.63) is 22.2 Å². The van der Waals surface area contributed by atoms with Gasteiger partial charge in [-0.25, -0.2) is 0 Å². The zero-order valence-electron chi connectivity index (χ0n) is 11.1. The second-order valence-electron chi connectivity index (χ2n) is 4.48. The molecule has 2 rings (SSSR count). The molecule has 2 aromatic heterocycles.